The molecule has 2 aromatic rings. The predicted octanol–water partition coefficient (Wildman–Crippen LogP) is 5.52. The SMILES string of the molecule is Cc1ccc(C(=O)Nc2ccc(Cl)cc2C(F)(F)F)c(I)c1. The first kappa shape index (κ1) is 17.1. The molecular formula is C15H10ClF3INO. The lowest BCUT2D eigenvalue weighted by Crippen LogP contribution is -2.17. The van der Waals surface area contributed by atoms with Gasteiger partial charge in [-0.05, 0) is 59.8 Å². The number of benzene rings is 2. The van der Waals surface area contributed by atoms with Crippen LogP contribution in [0, 0.1) is 10.5 Å². The summed E-state index contributed by atoms with van der Waals surface area (Å²) in [6, 6.07) is 8.31. The molecule has 2 rings (SSSR count). The van der Waals surface area contributed by atoms with E-state index in [1.54, 1.807) is 18.2 Å². The average Bonchev–Trinajstić information content (AvgIpc) is 2.39. The largest absolute Gasteiger partial charge is 0.418 e. The van der Waals surface area contributed by atoms with Crippen LogP contribution in [0.5, 0.6) is 0 Å². The highest BCUT2D eigenvalue weighted by Gasteiger charge is 2.34. The quantitative estimate of drug-likeness (QED) is 0.613. The molecule has 0 aliphatic carbocycles. The van der Waals surface area contributed by atoms with Gasteiger partial charge in [0, 0.05) is 8.59 Å². The van der Waals surface area contributed by atoms with Crippen molar-refractivity contribution in [2.75, 3.05) is 5.32 Å². The molecule has 0 heterocycles. The Morgan fingerprint density at radius 2 is 1.86 bits per heavy atom. The average molecular weight is 440 g/mol. The van der Waals surface area contributed by atoms with Crippen LogP contribution in [0.2, 0.25) is 5.02 Å². The molecule has 0 aliphatic rings. The van der Waals surface area contributed by atoms with Gasteiger partial charge in [0.25, 0.3) is 5.91 Å². The minimum absolute atomic E-state index is 0.0461. The molecule has 0 saturated carbocycles. The maximum Gasteiger partial charge on any atom is 0.418 e. The van der Waals surface area contributed by atoms with Gasteiger partial charge >= 0.3 is 6.18 Å². The van der Waals surface area contributed by atoms with Gasteiger partial charge in [0.1, 0.15) is 0 Å². The molecule has 0 aromatic heterocycles. The van der Waals surface area contributed by atoms with Crippen LogP contribution in [0.25, 0.3) is 0 Å². The number of aryl methyl sites for hydroxylation is 1. The van der Waals surface area contributed by atoms with Gasteiger partial charge in [0.2, 0.25) is 0 Å². The molecule has 0 bridgehead atoms. The molecule has 2 aromatic carbocycles. The molecule has 0 radical (unpaired) electrons. The fraction of sp³-hybridized carbons (Fsp3) is 0.133. The Bertz CT molecular complexity index is 731. The molecular weight excluding hydrogens is 430 g/mol. The van der Waals surface area contributed by atoms with Crippen LogP contribution < -0.4 is 5.32 Å². The molecule has 7 heteroatoms. The zero-order valence-corrected chi connectivity index (χ0v) is 14.2. The normalized spacial score (nSPS) is 11.4. The lowest BCUT2D eigenvalue weighted by molar-refractivity contribution is -0.136. The Morgan fingerprint density at radius 1 is 1.18 bits per heavy atom. The number of nitrogens with one attached hydrogen (secondary N) is 1. The van der Waals surface area contributed by atoms with E-state index in [2.05, 4.69) is 5.32 Å². The van der Waals surface area contributed by atoms with Crippen LogP contribution in [0.3, 0.4) is 0 Å². The summed E-state index contributed by atoms with van der Waals surface area (Å²) < 4.78 is 39.7. The molecule has 116 valence electrons. The Hall–Kier alpha value is -1.28. The summed E-state index contributed by atoms with van der Waals surface area (Å²) in [5, 5.41) is 2.25. The van der Waals surface area contributed by atoms with Gasteiger partial charge in [-0.3, -0.25) is 4.79 Å². The van der Waals surface area contributed by atoms with Gasteiger partial charge in [-0.25, -0.2) is 0 Å². The van der Waals surface area contributed by atoms with Gasteiger partial charge in [-0.1, -0.05) is 23.2 Å². The number of rotatable bonds is 2. The van der Waals surface area contributed by atoms with E-state index < -0.39 is 17.6 Å². The molecule has 0 unspecified atom stereocenters. The van der Waals surface area contributed by atoms with Crippen molar-refractivity contribution in [2.24, 2.45) is 0 Å². The maximum absolute atomic E-state index is 13.0. The summed E-state index contributed by atoms with van der Waals surface area (Å²) in [6.45, 7) is 1.87. The fourth-order valence-corrected chi connectivity index (χ4v) is 2.94. The van der Waals surface area contributed by atoms with E-state index in [0.29, 0.717) is 9.13 Å². The molecule has 22 heavy (non-hydrogen) atoms. The lowest BCUT2D eigenvalue weighted by Gasteiger charge is -2.14. The van der Waals surface area contributed by atoms with Crippen LogP contribution in [0.1, 0.15) is 21.5 Å². The second-order valence-corrected chi connectivity index (χ2v) is 6.22. The van der Waals surface area contributed by atoms with Crippen molar-refractivity contribution in [2.45, 2.75) is 13.1 Å². The second-order valence-electron chi connectivity index (χ2n) is 4.63. The van der Waals surface area contributed by atoms with Crippen LogP contribution in [-0.2, 0) is 6.18 Å². The highest BCUT2D eigenvalue weighted by molar-refractivity contribution is 14.1. The van der Waals surface area contributed by atoms with E-state index in [0.717, 1.165) is 17.7 Å². The topological polar surface area (TPSA) is 29.1 Å². The standard InChI is InChI=1S/C15H10ClF3INO/c1-8-2-4-10(12(20)6-8)14(22)21-13-5-3-9(16)7-11(13)15(17,18)19/h2-7H,1H3,(H,21,22). The molecule has 0 spiro atoms. The van der Waals surface area contributed by atoms with Crippen molar-refractivity contribution in [1.82, 2.24) is 0 Å². The Kier molecular flexibility index (Phi) is 5.01. The predicted molar refractivity (Wildman–Crippen MR) is 88.3 cm³/mol. The summed E-state index contributed by atoms with van der Waals surface area (Å²) in [5.74, 6) is -0.600. The van der Waals surface area contributed by atoms with E-state index in [1.807, 2.05) is 29.5 Å². The van der Waals surface area contributed by atoms with E-state index >= 15 is 0 Å². The number of carbonyl (C=O) groups excluding carboxylic acids is 1. The summed E-state index contributed by atoms with van der Waals surface area (Å²) >= 11 is 7.58. The summed E-state index contributed by atoms with van der Waals surface area (Å²) in [5.41, 5.74) is -0.0218. The highest BCUT2D eigenvalue weighted by atomic mass is 127. The lowest BCUT2D eigenvalue weighted by atomic mass is 10.1. The molecule has 0 aliphatic heterocycles. The second kappa shape index (κ2) is 6.45. The molecule has 0 saturated heterocycles. The number of alkyl halides is 3. The zero-order valence-electron chi connectivity index (χ0n) is 11.3. The summed E-state index contributed by atoms with van der Waals surface area (Å²) in [7, 11) is 0. The van der Waals surface area contributed by atoms with E-state index in [-0.39, 0.29) is 10.7 Å². The minimum atomic E-state index is -4.60. The van der Waals surface area contributed by atoms with E-state index in [1.165, 1.54) is 6.07 Å². The number of carbonyl (C=O) groups is 1. The number of amides is 1. The third kappa shape index (κ3) is 3.92. The number of hydrogen-bond acceptors (Lipinski definition) is 1. The Morgan fingerprint density at radius 3 is 2.45 bits per heavy atom. The van der Waals surface area contributed by atoms with Gasteiger partial charge in [-0.15, -0.1) is 0 Å². The summed E-state index contributed by atoms with van der Waals surface area (Å²) in [6.07, 6.45) is -4.60. The van der Waals surface area contributed by atoms with E-state index in [4.69, 9.17) is 11.6 Å². The van der Waals surface area contributed by atoms with Gasteiger partial charge in [-0.2, -0.15) is 13.2 Å². The minimum Gasteiger partial charge on any atom is -0.321 e. The van der Waals surface area contributed by atoms with Crippen molar-refractivity contribution in [3.8, 4) is 0 Å². The molecule has 2 nitrogen and oxygen atoms in total. The van der Waals surface area contributed by atoms with Crippen molar-refractivity contribution >= 4 is 45.8 Å². The molecule has 1 N–H and O–H groups in total. The monoisotopic (exact) mass is 439 g/mol. The van der Waals surface area contributed by atoms with Gasteiger partial charge in [0.15, 0.2) is 0 Å². The van der Waals surface area contributed by atoms with Crippen molar-refractivity contribution in [1.29, 1.82) is 0 Å². The molecule has 1 amide bonds. The smallest absolute Gasteiger partial charge is 0.321 e. The molecule has 0 atom stereocenters. The van der Waals surface area contributed by atoms with Crippen molar-refractivity contribution in [3.05, 3.63) is 61.7 Å². The molecule has 0 fully saturated rings. The van der Waals surface area contributed by atoms with Gasteiger partial charge < -0.3 is 5.32 Å². The third-order valence-electron chi connectivity index (χ3n) is 2.90. The summed E-state index contributed by atoms with van der Waals surface area (Å²) in [4.78, 5) is 12.2. The van der Waals surface area contributed by atoms with Crippen LogP contribution >= 0.6 is 34.2 Å². The van der Waals surface area contributed by atoms with Gasteiger partial charge in [0.05, 0.1) is 16.8 Å². The van der Waals surface area contributed by atoms with Crippen molar-refractivity contribution < 1.29 is 18.0 Å². The van der Waals surface area contributed by atoms with Crippen LogP contribution in [0.15, 0.2) is 36.4 Å². The Balaban J connectivity index is 2.36. The maximum atomic E-state index is 13.0. The number of anilines is 1. The zero-order chi connectivity index (χ0) is 16.5. The van der Waals surface area contributed by atoms with Crippen molar-refractivity contribution in [3.63, 3.8) is 0 Å². The van der Waals surface area contributed by atoms with Crippen LogP contribution in [0.4, 0.5) is 18.9 Å². The number of hydrogen-bond donors (Lipinski definition) is 1. The first-order valence-electron chi connectivity index (χ1n) is 6.13. The first-order valence-corrected chi connectivity index (χ1v) is 7.58. The highest BCUT2D eigenvalue weighted by Crippen LogP contribution is 2.36. The van der Waals surface area contributed by atoms with E-state index in [9.17, 15) is 18.0 Å². The number of halogens is 5. The van der Waals surface area contributed by atoms with Crippen LogP contribution in [-0.4, -0.2) is 5.91 Å². The first-order chi connectivity index (χ1) is 10.2. The third-order valence-corrected chi connectivity index (χ3v) is 4.03. The Labute approximate surface area is 143 Å². The fourth-order valence-electron chi connectivity index (χ4n) is 1.85.